The maximum Gasteiger partial charge on any atom is 0.265 e. The van der Waals surface area contributed by atoms with Crippen LogP contribution in [-0.2, 0) is 10.0 Å². The molecule has 0 aliphatic carbocycles. The van der Waals surface area contributed by atoms with Crippen molar-refractivity contribution in [2.45, 2.75) is 11.8 Å². The molecule has 1 aromatic carbocycles. The Labute approximate surface area is 123 Å². The van der Waals surface area contributed by atoms with Crippen LogP contribution in [0.4, 0.5) is 11.4 Å². The van der Waals surface area contributed by atoms with E-state index in [1.54, 1.807) is 24.3 Å². The van der Waals surface area contributed by atoms with Crippen LogP contribution in [0.5, 0.6) is 0 Å². The predicted molar refractivity (Wildman–Crippen MR) is 80.4 cm³/mol. The minimum atomic E-state index is -3.78. The van der Waals surface area contributed by atoms with Crippen molar-refractivity contribution in [3.63, 3.8) is 0 Å². The highest BCUT2D eigenvalue weighted by molar-refractivity contribution is 7.92. The van der Waals surface area contributed by atoms with Crippen LogP contribution in [0.3, 0.4) is 0 Å². The lowest BCUT2D eigenvalue weighted by molar-refractivity contribution is 0.601. The van der Waals surface area contributed by atoms with Gasteiger partial charge in [-0.05, 0) is 31.2 Å². The summed E-state index contributed by atoms with van der Waals surface area (Å²) in [5.41, 5.74) is 1.20. The van der Waals surface area contributed by atoms with Gasteiger partial charge in [-0.3, -0.25) is 9.71 Å². The van der Waals surface area contributed by atoms with E-state index >= 15 is 0 Å². The smallest absolute Gasteiger partial charge is 0.265 e. The molecule has 2 rings (SSSR count). The van der Waals surface area contributed by atoms with Gasteiger partial charge in [-0.25, -0.2) is 8.42 Å². The molecule has 6 nitrogen and oxygen atoms in total. The largest absolute Gasteiger partial charge is 0.384 e. The molecule has 1 heterocycles. The summed E-state index contributed by atoms with van der Waals surface area (Å²) in [5, 5.41) is 11.8. The molecule has 0 unspecified atom stereocenters. The normalized spacial score (nSPS) is 10.7. The van der Waals surface area contributed by atoms with Crippen molar-refractivity contribution < 1.29 is 8.42 Å². The Morgan fingerprint density at radius 2 is 2.14 bits per heavy atom. The van der Waals surface area contributed by atoms with Gasteiger partial charge in [-0.2, -0.15) is 5.26 Å². The number of benzene rings is 1. The molecule has 0 aliphatic heterocycles. The fourth-order valence-corrected chi connectivity index (χ4v) is 2.97. The van der Waals surface area contributed by atoms with Crippen molar-refractivity contribution in [2.24, 2.45) is 0 Å². The molecule has 0 radical (unpaired) electrons. The number of hydrogen-bond donors (Lipinski definition) is 2. The van der Waals surface area contributed by atoms with E-state index in [1.165, 1.54) is 18.5 Å². The van der Waals surface area contributed by atoms with E-state index in [0.717, 1.165) is 0 Å². The quantitative estimate of drug-likeness (QED) is 0.882. The van der Waals surface area contributed by atoms with Gasteiger partial charge in [0.15, 0.2) is 0 Å². The zero-order valence-corrected chi connectivity index (χ0v) is 12.2. The number of nitrogens with one attached hydrogen (secondary N) is 2. The van der Waals surface area contributed by atoms with Gasteiger partial charge < -0.3 is 5.32 Å². The van der Waals surface area contributed by atoms with Crippen LogP contribution < -0.4 is 10.0 Å². The second kappa shape index (κ2) is 6.24. The van der Waals surface area contributed by atoms with Crippen molar-refractivity contribution in [3.8, 4) is 6.07 Å². The first-order valence-corrected chi connectivity index (χ1v) is 7.76. The fraction of sp³-hybridized carbons (Fsp3) is 0.143. The summed E-state index contributed by atoms with van der Waals surface area (Å²) in [6.07, 6.45) is 2.81. The number of rotatable bonds is 5. The number of sulfonamides is 1. The topological polar surface area (TPSA) is 94.9 Å². The van der Waals surface area contributed by atoms with Gasteiger partial charge >= 0.3 is 0 Å². The van der Waals surface area contributed by atoms with Crippen LogP contribution in [0.1, 0.15) is 12.5 Å². The van der Waals surface area contributed by atoms with Gasteiger partial charge in [-0.15, -0.1) is 0 Å². The third kappa shape index (κ3) is 3.49. The molecule has 0 saturated carbocycles. The third-order valence-electron chi connectivity index (χ3n) is 2.69. The first kappa shape index (κ1) is 14.8. The standard InChI is InChI=1S/C14H14N4O2S/c1-2-17-13-6-7-16-10-14(13)21(19,20)18-12-5-3-4-11(8-12)9-15/h3-8,10,18H,2H2,1H3,(H,16,17). The highest BCUT2D eigenvalue weighted by Gasteiger charge is 2.18. The Balaban J connectivity index is 2.37. The van der Waals surface area contributed by atoms with Crippen LogP contribution in [0, 0.1) is 11.3 Å². The summed E-state index contributed by atoms with van der Waals surface area (Å²) in [7, 11) is -3.78. The van der Waals surface area contributed by atoms with Gasteiger partial charge in [0.1, 0.15) is 4.90 Å². The highest BCUT2D eigenvalue weighted by atomic mass is 32.2. The maximum absolute atomic E-state index is 12.4. The van der Waals surface area contributed by atoms with Crippen molar-refractivity contribution in [1.29, 1.82) is 5.26 Å². The number of anilines is 2. The van der Waals surface area contributed by atoms with Crippen LogP contribution >= 0.6 is 0 Å². The number of pyridine rings is 1. The van der Waals surface area contributed by atoms with Crippen molar-refractivity contribution in [2.75, 3.05) is 16.6 Å². The SMILES string of the molecule is CCNc1ccncc1S(=O)(=O)Nc1cccc(C#N)c1. The molecule has 1 aromatic heterocycles. The van der Waals surface area contributed by atoms with E-state index in [9.17, 15) is 8.42 Å². The molecule has 0 amide bonds. The van der Waals surface area contributed by atoms with Crippen molar-refractivity contribution >= 4 is 21.4 Å². The van der Waals surface area contributed by atoms with Crippen LogP contribution in [0.15, 0.2) is 47.6 Å². The van der Waals surface area contributed by atoms with Crippen molar-refractivity contribution in [3.05, 3.63) is 48.3 Å². The molecular formula is C14H14N4O2S. The first-order valence-electron chi connectivity index (χ1n) is 6.27. The Morgan fingerprint density at radius 3 is 2.86 bits per heavy atom. The number of nitrogens with zero attached hydrogens (tertiary/aromatic N) is 2. The monoisotopic (exact) mass is 302 g/mol. The molecule has 0 aliphatic rings. The minimum absolute atomic E-state index is 0.0641. The number of hydrogen-bond acceptors (Lipinski definition) is 5. The van der Waals surface area contributed by atoms with E-state index < -0.39 is 10.0 Å². The van der Waals surface area contributed by atoms with Crippen LogP contribution in [0.25, 0.3) is 0 Å². The average Bonchev–Trinajstić information content (AvgIpc) is 2.48. The highest BCUT2D eigenvalue weighted by Crippen LogP contribution is 2.22. The lowest BCUT2D eigenvalue weighted by Crippen LogP contribution is -2.15. The summed E-state index contributed by atoms with van der Waals surface area (Å²) >= 11 is 0. The van der Waals surface area contributed by atoms with E-state index in [4.69, 9.17) is 5.26 Å². The van der Waals surface area contributed by atoms with Gasteiger partial charge in [0.2, 0.25) is 0 Å². The van der Waals surface area contributed by atoms with E-state index in [2.05, 4.69) is 15.0 Å². The zero-order chi connectivity index (χ0) is 15.3. The third-order valence-corrected chi connectivity index (χ3v) is 4.09. The first-order chi connectivity index (χ1) is 10.1. The molecule has 7 heteroatoms. The summed E-state index contributed by atoms with van der Waals surface area (Å²) in [6.45, 7) is 2.47. The molecule has 108 valence electrons. The molecule has 0 bridgehead atoms. The number of aromatic nitrogens is 1. The summed E-state index contributed by atoms with van der Waals surface area (Å²) in [5.74, 6) is 0. The molecule has 0 fully saturated rings. The molecule has 2 N–H and O–H groups in total. The Morgan fingerprint density at radius 1 is 1.33 bits per heavy atom. The predicted octanol–water partition coefficient (Wildman–Crippen LogP) is 2.19. The maximum atomic E-state index is 12.4. The minimum Gasteiger partial charge on any atom is -0.384 e. The average molecular weight is 302 g/mol. The van der Waals surface area contributed by atoms with Crippen molar-refractivity contribution in [1.82, 2.24) is 4.98 Å². The zero-order valence-electron chi connectivity index (χ0n) is 11.4. The Kier molecular flexibility index (Phi) is 4.40. The van der Waals surface area contributed by atoms with Gasteiger partial charge in [0.05, 0.1) is 23.0 Å². The lowest BCUT2D eigenvalue weighted by atomic mass is 10.2. The summed E-state index contributed by atoms with van der Waals surface area (Å²) in [6, 6.07) is 9.84. The summed E-state index contributed by atoms with van der Waals surface area (Å²) in [4.78, 5) is 3.92. The molecule has 2 aromatic rings. The Bertz CT molecular complexity index is 782. The summed E-state index contributed by atoms with van der Waals surface area (Å²) < 4.78 is 27.3. The van der Waals surface area contributed by atoms with Crippen LogP contribution in [0.2, 0.25) is 0 Å². The molecule has 0 atom stereocenters. The molecule has 0 saturated heterocycles. The molecule has 21 heavy (non-hydrogen) atoms. The fourth-order valence-electron chi connectivity index (χ4n) is 1.79. The second-order valence-corrected chi connectivity index (χ2v) is 5.85. The molecular weight excluding hydrogens is 288 g/mol. The molecule has 0 spiro atoms. The van der Waals surface area contributed by atoms with E-state index in [1.807, 2.05) is 13.0 Å². The van der Waals surface area contributed by atoms with E-state index in [-0.39, 0.29) is 4.90 Å². The van der Waals surface area contributed by atoms with Gasteiger partial charge in [0.25, 0.3) is 10.0 Å². The van der Waals surface area contributed by atoms with E-state index in [0.29, 0.717) is 23.5 Å². The second-order valence-electron chi connectivity index (χ2n) is 4.20. The van der Waals surface area contributed by atoms with Gasteiger partial charge in [0, 0.05) is 18.9 Å². The lowest BCUT2D eigenvalue weighted by Gasteiger charge is -2.12. The van der Waals surface area contributed by atoms with Crippen LogP contribution in [-0.4, -0.2) is 19.9 Å². The Hall–Kier alpha value is -2.59. The number of nitriles is 1. The van der Waals surface area contributed by atoms with Gasteiger partial charge in [-0.1, -0.05) is 6.07 Å².